The lowest BCUT2D eigenvalue weighted by Gasteiger charge is -2.38. The van der Waals surface area contributed by atoms with E-state index in [0.29, 0.717) is 77.9 Å². The number of carbonyl (C=O) groups excluding carboxylic acids is 5. The van der Waals surface area contributed by atoms with Crippen LogP contribution >= 0.6 is 0 Å². The van der Waals surface area contributed by atoms with Gasteiger partial charge in [0.25, 0.3) is 41.5 Å². The fraction of sp³-hybridized carbons (Fsp3) is 0.304. The Morgan fingerprint density at radius 1 is 0.511 bits per heavy atom. The van der Waals surface area contributed by atoms with Crippen molar-refractivity contribution in [2.24, 2.45) is 11.7 Å². The molecule has 0 bridgehead atoms. The molecule has 2 aliphatic rings. The number of sulfone groups is 2. The van der Waals surface area contributed by atoms with Gasteiger partial charge in [-0.1, -0.05) is 36.4 Å². The van der Waals surface area contributed by atoms with Gasteiger partial charge in [-0.15, -0.1) is 0 Å². The van der Waals surface area contributed by atoms with Crippen molar-refractivity contribution in [1.29, 1.82) is 0 Å². The van der Waals surface area contributed by atoms with Crippen LogP contribution in [0.5, 0.6) is 23.1 Å². The molecule has 3 aromatic carbocycles. The summed E-state index contributed by atoms with van der Waals surface area (Å²) in [5.41, 5.74) is 9.93. The number of primary amides is 1. The number of rotatable bonds is 29. The molecule has 13 heterocycles. The van der Waals surface area contributed by atoms with Crippen LogP contribution in [0.2, 0.25) is 0 Å². The lowest BCUT2D eigenvalue weighted by atomic mass is 9.81. The molecule has 2 fully saturated rings. The van der Waals surface area contributed by atoms with E-state index < -0.39 is 121 Å². The molecule has 0 radical (unpaired) electrons. The highest BCUT2D eigenvalue weighted by Gasteiger charge is 2.47. The Balaban J connectivity index is 0.000000150. The van der Waals surface area contributed by atoms with E-state index in [4.69, 9.17) is 24.7 Å². The molecule has 141 heavy (non-hydrogen) atoms. The average Bonchev–Trinajstić information content (AvgIpc) is 1.69. The van der Waals surface area contributed by atoms with E-state index in [0.717, 1.165) is 49.6 Å². The van der Waals surface area contributed by atoms with E-state index in [1.807, 2.05) is 13.8 Å². The van der Waals surface area contributed by atoms with Gasteiger partial charge in [0.15, 0.2) is 33.1 Å². The third-order valence-corrected chi connectivity index (χ3v) is 24.2. The molecule has 12 aromatic heterocycles. The molecule has 37 nitrogen and oxygen atoms in total. The van der Waals surface area contributed by atoms with Crippen molar-refractivity contribution in [1.82, 2.24) is 115 Å². The van der Waals surface area contributed by atoms with Gasteiger partial charge in [0.2, 0.25) is 36.8 Å². The van der Waals surface area contributed by atoms with Gasteiger partial charge in [-0.3, -0.25) is 48.6 Å². The summed E-state index contributed by atoms with van der Waals surface area (Å²) in [4.78, 5) is 108. The van der Waals surface area contributed by atoms with Gasteiger partial charge in [-0.25, -0.2) is 95.6 Å². The molecule has 5 amide bonds. The van der Waals surface area contributed by atoms with Gasteiger partial charge in [0.1, 0.15) is 90.2 Å². The van der Waals surface area contributed by atoms with E-state index in [1.165, 1.54) is 105 Å². The molecule has 1 saturated heterocycles. The third kappa shape index (κ3) is 24.7. The number of hydrogen-bond acceptors (Lipinski definition) is 28. The summed E-state index contributed by atoms with van der Waals surface area (Å²) in [5.74, 6) is -7.80. The van der Waals surface area contributed by atoms with Crippen LogP contribution in [0.1, 0.15) is 130 Å². The van der Waals surface area contributed by atoms with Crippen molar-refractivity contribution in [2.75, 3.05) is 36.7 Å². The number of carbonyl (C=O) groups is 5. The summed E-state index contributed by atoms with van der Waals surface area (Å²) in [6, 6.07) is 26.4. The lowest BCUT2D eigenvalue weighted by molar-refractivity contribution is -0.122. The highest BCUT2D eigenvalue weighted by Crippen LogP contribution is 2.43. The standard InChI is InChI=1S/C24H20F4N6O2.C23H21F2N7O3.C23H22F2N6O4S.C22H25F2N5O4S/c1-13(25)36-18-4-2-3-15(5-18)20-21-19(34(33-20)23-31-11-17(26)12-32-23)6-16(10-29-21)22(35)30-9-14-7-24(27,28)8-14;1-12(24)35-16-6-4-5-13(7-16)18-19-17(32(31-18)22-28-10-15(25)11-29-22)8-14(9-27-19)20(33)30-23(2,3)21(26)34;1-13(12-36(3,33)34)29-22(32)16-8-19-21(26-9-16)20(15-5-4-6-18(7-15)35-14(2)24)30-31(19)23-27-10-17(25)11-28-23;1-12(2)29-17-5-14(21(30)27-22(4)10-34(31,32)11-22)7-26-20(17)19(28-29)15-6-18(25-8-16(15)24)33-9-13(3)23/h2-6,10-14H,7-9H2,1H3,(H,30,35);4-12H,1-3H3,(H2,26,34)(H,30,33);4-11,13-14H,12H2,1-3H3,(H,29,32);5-8,12-13H,9-11H2,1-4H3,(H,27,30). The Hall–Kier alpha value is -15.7. The summed E-state index contributed by atoms with van der Waals surface area (Å²) in [7, 11) is -6.43. The number of alkyl halides is 6. The van der Waals surface area contributed by atoms with Gasteiger partial charge in [-0.2, -0.15) is 34.4 Å². The molecular formula is C92H88F10N24O13S2. The van der Waals surface area contributed by atoms with E-state index >= 15 is 0 Å². The fourth-order valence-electron chi connectivity index (χ4n) is 14.8. The molecule has 1 saturated carbocycles. The molecular weight excluding hydrogens is 1900 g/mol. The molecule has 0 spiro atoms. The molecule has 49 heteroatoms. The van der Waals surface area contributed by atoms with E-state index in [1.54, 1.807) is 97.4 Å². The van der Waals surface area contributed by atoms with Crippen LogP contribution in [0, 0.1) is 29.2 Å². The lowest BCUT2D eigenvalue weighted by Crippen LogP contribution is -2.63. The van der Waals surface area contributed by atoms with E-state index in [2.05, 4.69) is 96.5 Å². The molecule has 6 N–H and O–H groups in total. The minimum atomic E-state index is -3.30. The Labute approximate surface area is 795 Å². The molecule has 736 valence electrons. The zero-order chi connectivity index (χ0) is 102. The minimum Gasteiger partial charge on any atom is -0.475 e. The highest BCUT2D eigenvalue weighted by atomic mass is 32.2. The monoisotopic (exact) mass is 1990 g/mol. The maximum atomic E-state index is 14.7. The van der Waals surface area contributed by atoms with Crippen LogP contribution in [0.4, 0.5) is 43.9 Å². The Morgan fingerprint density at radius 2 is 0.901 bits per heavy atom. The number of nitrogens with zero attached hydrogens (tertiary/aromatic N) is 19. The van der Waals surface area contributed by atoms with Crippen molar-refractivity contribution in [2.45, 2.75) is 136 Å². The second-order valence-electron chi connectivity index (χ2n) is 34.1. The smallest absolute Gasteiger partial charge is 0.253 e. The van der Waals surface area contributed by atoms with Crippen molar-refractivity contribution in [3.05, 3.63) is 217 Å². The summed E-state index contributed by atoms with van der Waals surface area (Å²) in [6.07, 6.45) is 6.96. The van der Waals surface area contributed by atoms with Crippen LogP contribution in [-0.4, -0.2) is 225 Å². The third-order valence-electron chi connectivity index (χ3n) is 21.0. The quantitative estimate of drug-likeness (QED) is 0.0272. The summed E-state index contributed by atoms with van der Waals surface area (Å²) in [5, 5.41) is 28.7. The Bertz CT molecular complexity index is 7470. The first-order chi connectivity index (χ1) is 66.6. The largest absolute Gasteiger partial charge is 0.475 e. The minimum absolute atomic E-state index is 0.0298. The van der Waals surface area contributed by atoms with Gasteiger partial charge < -0.3 is 45.9 Å². The number of halogens is 10. The molecule has 15 aromatic rings. The SMILES string of the molecule is CC(CS(C)(=O)=O)NC(=O)c1cnc2c(-c3cccc(OC(C)F)c3)nn(-c3ncc(F)cn3)c2c1.CC(F)COc1cc(-c2nn(C(C)C)c3cc(C(=O)NC4(C)CS(=O)(=O)C4)cnc23)c(F)cn1.CC(F)Oc1cccc(-c2nn(-c3ncc(F)cn3)c3cc(C(=O)NC(C)(C)C(N)=O)cnc23)c1.CC(F)Oc1cccc(-c2nn(-c3ncc(F)cn3)c3cc(C(=O)NCC4CC(F)(F)C4)cnc23)c1. The Kier molecular flexibility index (Phi) is 29.8. The highest BCUT2D eigenvalue weighted by molar-refractivity contribution is 7.93. The topological polar surface area (TPSA) is 478 Å². The summed E-state index contributed by atoms with van der Waals surface area (Å²) < 4.78 is 207. The van der Waals surface area contributed by atoms with Gasteiger partial charge >= 0.3 is 0 Å². The average molecular weight is 1990 g/mol. The molecule has 5 unspecified atom stereocenters. The molecule has 1 aliphatic carbocycles. The first-order valence-electron chi connectivity index (χ1n) is 43.1. The van der Waals surface area contributed by atoms with Gasteiger partial charge in [0, 0.05) is 112 Å². The van der Waals surface area contributed by atoms with Crippen molar-refractivity contribution in [3.8, 4) is 86.0 Å². The Morgan fingerprint density at radius 3 is 1.28 bits per heavy atom. The molecule has 5 atom stereocenters. The second-order valence-corrected chi connectivity index (χ2v) is 38.3. The number of ether oxygens (including phenoxy) is 4. The first kappa shape index (κ1) is 101. The summed E-state index contributed by atoms with van der Waals surface area (Å²) in [6.45, 7) is 15.0. The number of aromatic nitrogens is 19. The number of hydrogen-bond donors (Lipinski definition) is 5. The van der Waals surface area contributed by atoms with Gasteiger partial charge in [-0.05, 0) is 115 Å². The van der Waals surface area contributed by atoms with Crippen LogP contribution in [0.25, 0.3) is 107 Å². The summed E-state index contributed by atoms with van der Waals surface area (Å²) >= 11 is 0. The van der Waals surface area contributed by atoms with Crippen molar-refractivity contribution >= 4 is 93.3 Å². The predicted molar refractivity (Wildman–Crippen MR) is 492 cm³/mol. The molecule has 1 aliphatic heterocycles. The number of pyridine rings is 5. The van der Waals surface area contributed by atoms with Crippen LogP contribution in [0.3, 0.4) is 0 Å². The number of fused-ring (bicyclic) bond motifs is 4. The predicted octanol–water partition coefficient (Wildman–Crippen LogP) is 12.9. The maximum absolute atomic E-state index is 14.7. The van der Waals surface area contributed by atoms with E-state index in [9.17, 15) is 84.7 Å². The zero-order valence-electron chi connectivity index (χ0n) is 76.6. The number of amides is 5. The molecule has 17 rings (SSSR count). The van der Waals surface area contributed by atoms with E-state index in [-0.39, 0.29) is 130 Å². The zero-order valence-corrected chi connectivity index (χ0v) is 78.3. The van der Waals surface area contributed by atoms with Crippen LogP contribution in [-0.2, 0) is 24.5 Å². The number of nitrogens with one attached hydrogen (secondary N) is 4. The van der Waals surface area contributed by atoms with Crippen molar-refractivity contribution in [3.63, 3.8) is 0 Å². The van der Waals surface area contributed by atoms with Crippen LogP contribution < -0.4 is 45.9 Å². The number of nitrogens with two attached hydrogens (primary N) is 1. The van der Waals surface area contributed by atoms with Crippen molar-refractivity contribution < 1.29 is 104 Å². The van der Waals surface area contributed by atoms with Gasteiger partial charge in [0.05, 0.1) is 110 Å². The maximum Gasteiger partial charge on any atom is 0.253 e. The first-order valence-corrected chi connectivity index (χ1v) is 46.9. The second kappa shape index (κ2) is 41.5. The fourth-order valence-corrected chi connectivity index (χ4v) is 17.8. The number of benzene rings is 3. The van der Waals surface area contributed by atoms with Crippen LogP contribution in [0.15, 0.2) is 171 Å². The normalized spacial score (nSPS) is 14.7.